The molecule has 10 fully saturated rings. The molecule has 0 aromatic heterocycles. The Bertz CT molecular complexity index is 3310. The summed E-state index contributed by atoms with van der Waals surface area (Å²) in [5.74, 6) is 6.80. The van der Waals surface area contributed by atoms with Crippen LogP contribution in [0.4, 0.5) is 43.3 Å². The fourth-order valence-electron chi connectivity index (χ4n) is 17.8. The zero-order valence-electron chi connectivity index (χ0n) is 64.4. The van der Waals surface area contributed by atoms with Gasteiger partial charge < -0.3 is 42.8 Å². The maximum Gasteiger partial charge on any atom is 0.410 e. The number of nitro benzene ring substituents is 2. The van der Waals surface area contributed by atoms with Gasteiger partial charge in [-0.2, -0.15) is 0 Å². The number of alkyl halides is 1. The Hall–Kier alpha value is -6.34. The number of hydrogen-bond donors (Lipinski definition) is 3. The molecule has 2 atom stereocenters. The Labute approximate surface area is 659 Å². The molecule has 6 saturated heterocycles. The number of carbonyl (C=O) groups excluding carboxylic acids is 5. The van der Waals surface area contributed by atoms with E-state index >= 15 is 0 Å². The molecule has 107 heavy (non-hydrogen) atoms. The fourth-order valence-corrected chi connectivity index (χ4v) is 18.2. The summed E-state index contributed by atoms with van der Waals surface area (Å²) in [5.41, 5.74) is 11.2. The van der Waals surface area contributed by atoms with Crippen molar-refractivity contribution in [2.24, 2.45) is 53.3 Å². The van der Waals surface area contributed by atoms with Crippen LogP contribution in [0.2, 0.25) is 0 Å². The van der Waals surface area contributed by atoms with E-state index in [1.807, 2.05) is 49.9 Å². The van der Waals surface area contributed by atoms with Crippen LogP contribution in [0.3, 0.4) is 0 Å². The molecule has 0 bridgehead atoms. The number of rotatable bonds is 11. The Morgan fingerprint density at radius 3 is 1.25 bits per heavy atom. The quantitative estimate of drug-likeness (QED) is 0.0185. The number of nitro groups is 2. The number of carbonyl (C=O) groups is 5. The normalized spacial score (nSPS) is 22.1. The second-order valence-electron chi connectivity index (χ2n) is 32.4. The predicted octanol–water partition coefficient (Wildman–Crippen LogP) is 18.4. The van der Waals surface area contributed by atoms with Crippen LogP contribution in [0, 0.1) is 86.7 Å². The van der Waals surface area contributed by atoms with Gasteiger partial charge in [-0.15, -0.1) is 0 Å². The molecule has 6 heterocycles. The minimum Gasteiger partial charge on any atom is -0.444 e. The number of Topliss-reactive ketones (excluding diaryl/α,β-unsaturated/α-hetero) is 2. The van der Waals surface area contributed by atoms with Gasteiger partial charge in [0, 0.05) is 139 Å². The van der Waals surface area contributed by atoms with Crippen LogP contribution in [-0.4, -0.2) is 120 Å². The SMILES string of the molecule is C1CCC(C2CCNCC2)CC1.CC(C)(C)OC(=O)N1CCC(C2CCN(c3ccc(N)cc3)CC2)CC1.O=C1CCC(Br)C(=O)C1.O=C1CCC(Cc2ccc(N3CCC(C4CCCCC4)CC3)cc2)C(=O)N1.O=[N+]([O-])c1ccc(F)cc1.O=[N+]([O-])c1ccc(N2CCC(C3CCCCC3)CC2)cc1.[CH3-].[Pd]. The number of nitrogen functional groups attached to an aromatic ring is 1. The number of amides is 3. The van der Waals surface area contributed by atoms with Crippen LogP contribution in [0.25, 0.3) is 0 Å². The van der Waals surface area contributed by atoms with Crippen molar-refractivity contribution in [2.75, 3.05) is 85.9 Å². The number of benzene rings is 4. The van der Waals surface area contributed by atoms with Crippen molar-refractivity contribution >= 4 is 79.5 Å². The number of nitrogens with zero attached hydrogens (tertiary/aromatic N) is 6. The van der Waals surface area contributed by atoms with E-state index in [1.54, 1.807) is 12.1 Å². The number of ether oxygens (including phenoxy) is 1. The first-order chi connectivity index (χ1) is 50.6. The molecule has 4 saturated carbocycles. The summed E-state index contributed by atoms with van der Waals surface area (Å²) in [6.45, 7) is 16.8. The number of piperidine rings is 6. The summed E-state index contributed by atoms with van der Waals surface area (Å²) < 4.78 is 17.6. The smallest absolute Gasteiger partial charge is 0.410 e. The van der Waals surface area contributed by atoms with Crippen LogP contribution >= 0.6 is 15.9 Å². The predicted molar refractivity (Wildman–Crippen MR) is 427 cm³/mol. The largest absolute Gasteiger partial charge is 0.444 e. The zero-order valence-corrected chi connectivity index (χ0v) is 67.6. The minimum absolute atomic E-state index is 0. The van der Waals surface area contributed by atoms with Gasteiger partial charge in [0.2, 0.25) is 11.8 Å². The second-order valence-corrected chi connectivity index (χ2v) is 33.5. The van der Waals surface area contributed by atoms with Gasteiger partial charge in [0.05, 0.1) is 21.1 Å². The van der Waals surface area contributed by atoms with Crippen LogP contribution in [0.15, 0.2) is 97.1 Å². The van der Waals surface area contributed by atoms with Crippen molar-refractivity contribution in [1.29, 1.82) is 0 Å². The average molecular weight is 1640 g/mol. The van der Waals surface area contributed by atoms with Gasteiger partial charge in [-0.3, -0.25) is 44.7 Å². The minimum atomic E-state index is -0.570. The summed E-state index contributed by atoms with van der Waals surface area (Å²) in [4.78, 5) is 85.7. The van der Waals surface area contributed by atoms with Gasteiger partial charge in [0.1, 0.15) is 17.2 Å². The van der Waals surface area contributed by atoms with Crippen molar-refractivity contribution in [2.45, 2.75) is 230 Å². The molecule has 594 valence electrons. The topological polar surface area (TPSA) is 244 Å². The zero-order chi connectivity index (χ0) is 74.7. The van der Waals surface area contributed by atoms with E-state index in [2.05, 4.69) is 77.7 Å². The average Bonchev–Trinajstić information content (AvgIpc) is 0.838. The monoisotopic (exact) mass is 1630 g/mol. The van der Waals surface area contributed by atoms with Crippen molar-refractivity contribution in [3.8, 4) is 0 Å². The van der Waals surface area contributed by atoms with E-state index in [0.29, 0.717) is 25.7 Å². The molecule has 19 nitrogen and oxygen atoms in total. The van der Waals surface area contributed by atoms with E-state index < -0.39 is 16.3 Å². The van der Waals surface area contributed by atoms with Gasteiger partial charge in [-0.05, 0) is 231 Å². The van der Waals surface area contributed by atoms with Gasteiger partial charge in [-0.1, -0.05) is 124 Å². The first-order valence-electron chi connectivity index (χ1n) is 40.2. The molecule has 0 radical (unpaired) electrons. The summed E-state index contributed by atoms with van der Waals surface area (Å²) in [6.07, 6.45) is 37.9. The van der Waals surface area contributed by atoms with Gasteiger partial charge >= 0.3 is 6.09 Å². The number of anilines is 4. The molecule has 4 aliphatic carbocycles. The number of ketones is 2. The third-order valence-corrected chi connectivity index (χ3v) is 25.0. The molecule has 14 rings (SSSR count). The molecule has 4 aromatic carbocycles. The van der Waals surface area contributed by atoms with Crippen LogP contribution in [-0.2, 0) is 50.8 Å². The number of imide groups is 1. The van der Waals surface area contributed by atoms with E-state index in [9.17, 15) is 48.6 Å². The Balaban J connectivity index is 0.000000186. The van der Waals surface area contributed by atoms with Crippen molar-refractivity contribution in [3.05, 3.63) is 136 Å². The van der Waals surface area contributed by atoms with Gasteiger partial charge in [0.15, 0.2) is 5.78 Å². The molecule has 4 N–H and O–H groups in total. The second kappa shape index (κ2) is 45.1. The summed E-state index contributed by atoms with van der Waals surface area (Å²) >= 11 is 3.18. The molecule has 10 aliphatic rings. The summed E-state index contributed by atoms with van der Waals surface area (Å²) in [5, 5.41) is 26.6. The molecule has 3 amide bonds. The Kier molecular flexibility index (Phi) is 37.0. The maximum atomic E-state index is 12.2. The van der Waals surface area contributed by atoms with Crippen molar-refractivity contribution < 1.29 is 63.4 Å². The molecule has 4 aromatic rings. The van der Waals surface area contributed by atoms with Crippen LogP contribution < -0.4 is 31.1 Å². The van der Waals surface area contributed by atoms with Crippen LogP contribution in [0.1, 0.15) is 219 Å². The number of nitrogens with one attached hydrogen (secondary N) is 2. The number of hydrogen-bond acceptors (Lipinski definition) is 15. The molecule has 6 aliphatic heterocycles. The van der Waals surface area contributed by atoms with E-state index in [4.69, 9.17) is 10.5 Å². The first kappa shape index (κ1) is 87.9. The number of non-ortho nitro benzene ring substituents is 2. The standard InChI is InChI=1S/C23H32N2O2.C21H33N3O2.C17H24N2O2.C11H21N.C6H7BrO2.C6H4FNO2.CH3.Pd/c26-22-11-8-20(23(27)24-22)16-17-6-9-21(10-7-17)25-14-12-19(13-15-25)18-4-2-1-3-5-18;1-21(2,3)26-20(25)24-14-10-17(11-15-24)16-8-12-23(13-9-16)19-6-4-18(22)5-7-19;20-19(21)17-8-6-16(7-9-17)18-12-10-15(11-13-18)14-4-2-1-3-5-14;1-2-4-10(5-3-1)11-6-8-12-9-7-11;7-5-2-1-4(8)3-6(5)9;7-5-1-3-6(4-2-5)8(9)10;;/h6-7,9-10,18-20H,1-5,8,11-16H2,(H,24,26,27);4-7,16-17H,8-15,22H2,1-3H3;6-9,14-15H,1-5,10-13H2;10-12H,1-9H2;5H,1-3H2;1-4H;1H3;/q;;;;;;-1;. The summed E-state index contributed by atoms with van der Waals surface area (Å²) in [7, 11) is 0. The van der Waals surface area contributed by atoms with Crippen molar-refractivity contribution in [3.63, 3.8) is 0 Å². The first-order valence-corrected chi connectivity index (χ1v) is 41.1. The molecular weight excluding hydrogens is 1510 g/mol. The van der Waals surface area contributed by atoms with Gasteiger partial charge in [0.25, 0.3) is 11.4 Å². The Morgan fingerprint density at radius 1 is 0.514 bits per heavy atom. The van der Waals surface area contributed by atoms with Gasteiger partial charge in [-0.25, -0.2) is 9.18 Å². The van der Waals surface area contributed by atoms with E-state index in [1.165, 1.54) is 191 Å². The van der Waals surface area contributed by atoms with Crippen LogP contribution in [0.5, 0.6) is 0 Å². The van der Waals surface area contributed by atoms with E-state index in [-0.39, 0.29) is 90.8 Å². The Morgan fingerprint density at radius 2 is 0.879 bits per heavy atom. The van der Waals surface area contributed by atoms with Crippen molar-refractivity contribution in [1.82, 2.24) is 15.5 Å². The number of likely N-dealkylation sites (tertiary alicyclic amines) is 1. The molecule has 2 unspecified atom stereocenters. The third kappa shape index (κ3) is 29.1. The molecule has 0 spiro atoms. The number of nitrogens with two attached hydrogens (primary N) is 1. The molecule has 22 heteroatoms. The summed E-state index contributed by atoms with van der Waals surface area (Å²) in [6, 6.07) is 28.3. The fraction of sp³-hybridized carbons (Fsp3) is 0.647. The number of halogens is 2. The molecular formula is C85H124BrFN9O10Pd-. The maximum absolute atomic E-state index is 12.2. The van der Waals surface area contributed by atoms with E-state index in [0.717, 1.165) is 142 Å². The third-order valence-electron chi connectivity index (χ3n) is 24.1.